The Morgan fingerprint density at radius 2 is 1.96 bits per heavy atom. The molecule has 0 aliphatic carbocycles. The van der Waals surface area contributed by atoms with Gasteiger partial charge in [-0.25, -0.2) is 4.98 Å². The normalized spacial score (nSPS) is 10.3. The number of carbonyl (C=O) groups excluding carboxylic acids is 1. The van der Waals surface area contributed by atoms with Crippen molar-refractivity contribution in [1.29, 1.82) is 0 Å². The number of nitro groups is 1. The zero-order valence-electron chi connectivity index (χ0n) is 11.7. The highest BCUT2D eigenvalue weighted by Gasteiger charge is 2.10. The molecule has 1 amide bonds. The maximum absolute atomic E-state index is 11.8. The van der Waals surface area contributed by atoms with Crippen molar-refractivity contribution in [3.63, 3.8) is 0 Å². The van der Waals surface area contributed by atoms with Gasteiger partial charge >= 0.3 is 0 Å². The molecule has 1 heterocycles. The fourth-order valence-electron chi connectivity index (χ4n) is 1.66. The Morgan fingerprint density at radius 1 is 1.26 bits per heavy atom. The molecule has 2 aromatic rings. The molecule has 0 fully saturated rings. The largest absolute Gasteiger partial charge is 0.310 e. The third-order valence-electron chi connectivity index (χ3n) is 2.77. The number of benzene rings is 1. The second-order valence-corrected chi connectivity index (χ2v) is 6.20. The summed E-state index contributed by atoms with van der Waals surface area (Å²) in [5, 5.41) is 14.2. The highest BCUT2D eigenvalue weighted by Crippen LogP contribution is 2.28. The number of nitrogens with one attached hydrogen (secondary N) is 1. The quantitative estimate of drug-likeness (QED) is 0.608. The molecule has 0 atom stereocenters. The van der Waals surface area contributed by atoms with Gasteiger partial charge in [0.1, 0.15) is 12.0 Å². The number of amides is 1. The number of halogens is 2. The average Bonchev–Trinajstić information content (AvgIpc) is 2.51. The highest BCUT2D eigenvalue weighted by molar-refractivity contribution is 7.99. The second kappa shape index (κ2) is 8.14. The maximum atomic E-state index is 11.8. The van der Waals surface area contributed by atoms with Gasteiger partial charge in [0, 0.05) is 21.9 Å². The predicted octanol–water partition coefficient (Wildman–Crippen LogP) is 4.17. The maximum Gasteiger partial charge on any atom is 0.287 e. The molecule has 1 aromatic heterocycles. The predicted molar refractivity (Wildman–Crippen MR) is 92.1 cm³/mol. The lowest BCUT2D eigenvalue weighted by Crippen LogP contribution is -2.15. The van der Waals surface area contributed by atoms with Crippen molar-refractivity contribution in [2.45, 2.75) is 5.75 Å². The Labute approximate surface area is 146 Å². The standard InChI is InChI=1S/C14H11Cl2N3O3S/c15-11-2-1-3-12(16)10(11)7-23-8-14(20)18-13-5-4-9(6-17-13)19(21)22/h1-6H,7-8H2,(H,17,18,20). The number of rotatable bonds is 6. The molecular weight excluding hydrogens is 361 g/mol. The van der Waals surface area contributed by atoms with Crippen LogP contribution >= 0.6 is 35.0 Å². The van der Waals surface area contributed by atoms with Crippen LogP contribution in [0.25, 0.3) is 0 Å². The molecule has 0 spiro atoms. The average molecular weight is 372 g/mol. The van der Waals surface area contributed by atoms with E-state index in [0.717, 1.165) is 11.8 Å². The van der Waals surface area contributed by atoms with Crippen molar-refractivity contribution in [2.24, 2.45) is 0 Å². The van der Waals surface area contributed by atoms with Gasteiger partial charge in [-0.2, -0.15) is 0 Å². The summed E-state index contributed by atoms with van der Waals surface area (Å²) >= 11 is 13.5. The molecule has 0 radical (unpaired) electrons. The van der Waals surface area contributed by atoms with E-state index in [1.807, 2.05) is 0 Å². The first-order valence-corrected chi connectivity index (χ1v) is 8.29. The summed E-state index contributed by atoms with van der Waals surface area (Å²) in [6.07, 6.45) is 1.09. The Kier molecular flexibility index (Phi) is 6.20. The van der Waals surface area contributed by atoms with Crippen molar-refractivity contribution in [3.05, 3.63) is 62.3 Å². The van der Waals surface area contributed by atoms with E-state index in [2.05, 4.69) is 10.3 Å². The monoisotopic (exact) mass is 371 g/mol. The van der Waals surface area contributed by atoms with Crippen molar-refractivity contribution >= 4 is 52.4 Å². The summed E-state index contributed by atoms with van der Waals surface area (Å²) < 4.78 is 0. The third kappa shape index (κ3) is 5.09. The minimum absolute atomic E-state index is 0.134. The van der Waals surface area contributed by atoms with Gasteiger partial charge in [-0.1, -0.05) is 29.3 Å². The van der Waals surface area contributed by atoms with E-state index in [-0.39, 0.29) is 23.2 Å². The van der Waals surface area contributed by atoms with E-state index in [1.54, 1.807) is 18.2 Å². The van der Waals surface area contributed by atoms with E-state index in [1.165, 1.54) is 23.9 Å². The van der Waals surface area contributed by atoms with Gasteiger partial charge in [0.05, 0.1) is 10.7 Å². The molecule has 0 unspecified atom stereocenters. The topological polar surface area (TPSA) is 85.1 Å². The fourth-order valence-corrected chi connectivity index (χ4v) is 3.23. The first-order valence-electron chi connectivity index (χ1n) is 6.38. The van der Waals surface area contributed by atoms with E-state index >= 15 is 0 Å². The molecular formula is C14H11Cl2N3O3S. The Morgan fingerprint density at radius 3 is 2.52 bits per heavy atom. The molecule has 6 nitrogen and oxygen atoms in total. The number of pyridine rings is 1. The van der Waals surface area contributed by atoms with Crippen molar-refractivity contribution in [3.8, 4) is 0 Å². The van der Waals surface area contributed by atoms with Crippen LogP contribution in [0.2, 0.25) is 10.0 Å². The molecule has 0 aliphatic heterocycles. The van der Waals surface area contributed by atoms with Gasteiger partial charge < -0.3 is 5.32 Å². The van der Waals surface area contributed by atoms with Crippen LogP contribution in [0.4, 0.5) is 11.5 Å². The van der Waals surface area contributed by atoms with Crippen molar-refractivity contribution < 1.29 is 9.72 Å². The highest BCUT2D eigenvalue weighted by atomic mass is 35.5. The summed E-state index contributed by atoms with van der Waals surface area (Å²) in [6, 6.07) is 7.89. The molecule has 9 heteroatoms. The number of hydrogen-bond donors (Lipinski definition) is 1. The van der Waals surface area contributed by atoms with E-state index in [9.17, 15) is 14.9 Å². The lowest BCUT2D eigenvalue weighted by molar-refractivity contribution is -0.385. The summed E-state index contributed by atoms with van der Waals surface area (Å²) in [4.78, 5) is 25.6. The van der Waals surface area contributed by atoms with E-state index < -0.39 is 4.92 Å². The Hall–Kier alpha value is -1.83. The fraction of sp³-hybridized carbons (Fsp3) is 0.143. The van der Waals surface area contributed by atoms with Gasteiger partial charge in [-0.15, -0.1) is 11.8 Å². The third-order valence-corrected chi connectivity index (χ3v) is 4.43. The SMILES string of the molecule is O=C(CSCc1c(Cl)cccc1Cl)Nc1ccc([N+](=O)[O-])cn1. The molecule has 0 saturated carbocycles. The van der Waals surface area contributed by atoms with Crippen LogP contribution in [0.1, 0.15) is 5.56 Å². The van der Waals surface area contributed by atoms with Gasteiger partial charge in [0.15, 0.2) is 0 Å². The number of nitrogens with zero attached hydrogens (tertiary/aromatic N) is 2. The molecule has 2 rings (SSSR count). The molecule has 1 aromatic carbocycles. The Bertz CT molecular complexity index is 705. The van der Waals surface area contributed by atoms with Crippen LogP contribution in [-0.2, 0) is 10.5 Å². The van der Waals surface area contributed by atoms with Crippen LogP contribution < -0.4 is 5.32 Å². The lowest BCUT2D eigenvalue weighted by Gasteiger charge is -2.07. The van der Waals surface area contributed by atoms with Crippen LogP contribution in [0.15, 0.2) is 36.5 Å². The molecule has 120 valence electrons. The summed E-state index contributed by atoms with van der Waals surface area (Å²) in [7, 11) is 0. The van der Waals surface area contributed by atoms with E-state index in [4.69, 9.17) is 23.2 Å². The summed E-state index contributed by atoms with van der Waals surface area (Å²) in [6.45, 7) is 0. The summed E-state index contributed by atoms with van der Waals surface area (Å²) in [5.74, 6) is 0.677. The first-order chi connectivity index (χ1) is 11.0. The number of hydrogen-bond acceptors (Lipinski definition) is 5. The van der Waals surface area contributed by atoms with Gasteiger partial charge in [-0.05, 0) is 23.8 Å². The number of anilines is 1. The second-order valence-electron chi connectivity index (χ2n) is 4.40. The number of aromatic nitrogens is 1. The van der Waals surface area contributed by atoms with Gasteiger partial charge in [-0.3, -0.25) is 14.9 Å². The van der Waals surface area contributed by atoms with Crippen LogP contribution in [0.5, 0.6) is 0 Å². The first kappa shape index (κ1) is 17.5. The number of thioether (sulfide) groups is 1. The smallest absolute Gasteiger partial charge is 0.287 e. The molecule has 0 bridgehead atoms. The zero-order chi connectivity index (χ0) is 16.8. The zero-order valence-corrected chi connectivity index (χ0v) is 14.0. The lowest BCUT2D eigenvalue weighted by atomic mass is 10.2. The van der Waals surface area contributed by atoms with Gasteiger partial charge in [0.2, 0.25) is 5.91 Å². The van der Waals surface area contributed by atoms with Crippen LogP contribution in [-0.4, -0.2) is 21.6 Å². The minimum Gasteiger partial charge on any atom is -0.310 e. The van der Waals surface area contributed by atoms with E-state index in [0.29, 0.717) is 15.8 Å². The molecule has 0 aliphatic rings. The van der Waals surface area contributed by atoms with Crippen molar-refractivity contribution in [2.75, 3.05) is 11.1 Å². The Balaban J connectivity index is 1.84. The summed E-state index contributed by atoms with van der Waals surface area (Å²) in [5.41, 5.74) is 0.646. The van der Waals surface area contributed by atoms with Crippen LogP contribution in [0.3, 0.4) is 0 Å². The molecule has 1 N–H and O–H groups in total. The molecule has 0 saturated heterocycles. The van der Waals surface area contributed by atoms with Crippen LogP contribution in [0, 0.1) is 10.1 Å². The minimum atomic E-state index is -0.554. The van der Waals surface area contributed by atoms with Crippen molar-refractivity contribution in [1.82, 2.24) is 4.98 Å². The van der Waals surface area contributed by atoms with Gasteiger partial charge in [0.25, 0.3) is 5.69 Å². The number of carbonyl (C=O) groups is 1. The molecule has 23 heavy (non-hydrogen) atoms.